The Kier molecular flexibility index (Phi) is 6.91. The molecule has 1 aromatic carbocycles. The molecule has 0 spiro atoms. The Hall–Kier alpha value is -3.11. The molecule has 1 saturated heterocycles. The predicted molar refractivity (Wildman–Crippen MR) is 125 cm³/mol. The van der Waals surface area contributed by atoms with Gasteiger partial charge in [-0.2, -0.15) is 10.1 Å². The van der Waals surface area contributed by atoms with Crippen LogP contribution in [0.3, 0.4) is 0 Å². The van der Waals surface area contributed by atoms with Crippen LogP contribution in [0.2, 0.25) is 0 Å². The van der Waals surface area contributed by atoms with Gasteiger partial charge in [0.25, 0.3) is 0 Å². The largest absolute Gasteiger partial charge is 0.327 e. The molecule has 32 heavy (non-hydrogen) atoms. The first-order valence-electron chi connectivity index (χ1n) is 10.7. The molecule has 0 radical (unpaired) electrons. The van der Waals surface area contributed by atoms with Gasteiger partial charge in [-0.15, -0.1) is 5.11 Å². The van der Waals surface area contributed by atoms with E-state index in [1.807, 2.05) is 50.3 Å². The Labute approximate surface area is 191 Å². The highest BCUT2D eigenvalue weighted by atomic mass is 32.2. The third kappa shape index (κ3) is 5.77. The lowest BCUT2D eigenvalue weighted by Crippen LogP contribution is -2.42. The molecule has 0 bridgehead atoms. The normalized spacial score (nSPS) is 17.7. The maximum Gasteiger partial charge on any atom is 0.303 e. The fourth-order valence-electron chi connectivity index (χ4n) is 3.36. The van der Waals surface area contributed by atoms with Crippen molar-refractivity contribution in [3.63, 3.8) is 0 Å². The first kappa shape index (κ1) is 22.1. The average molecular weight is 452 g/mol. The Morgan fingerprint density at radius 3 is 2.69 bits per heavy atom. The quantitative estimate of drug-likeness (QED) is 0.648. The summed E-state index contributed by atoms with van der Waals surface area (Å²) in [5, 5.41) is 11.7. The van der Waals surface area contributed by atoms with Gasteiger partial charge in [0.1, 0.15) is 0 Å². The number of anilines is 2. The smallest absolute Gasteiger partial charge is 0.303 e. The van der Waals surface area contributed by atoms with Gasteiger partial charge in [-0.05, 0) is 55.8 Å². The van der Waals surface area contributed by atoms with Crippen molar-refractivity contribution in [2.24, 2.45) is 21.0 Å². The number of allylic oxidation sites excluding steroid dienone is 1. The van der Waals surface area contributed by atoms with Crippen LogP contribution < -0.4 is 20.9 Å². The summed E-state index contributed by atoms with van der Waals surface area (Å²) in [5.74, 6) is 2.06. The van der Waals surface area contributed by atoms with Crippen molar-refractivity contribution >= 4 is 40.8 Å². The molecule has 0 aliphatic carbocycles. The Balaban J connectivity index is 1.59. The molecule has 2 aromatic rings. The van der Waals surface area contributed by atoms with E-state index in [-0.39, 0.29) is 11.9 Å². The number of nitrogens with one attached hydrogen (secondary N) is 2. The summed E-state index contributed by atoms with van der Waals surface area (Å²) in [4.78, 5) is 27.6. The molecule has 2 aliphatic rings. The molecular formula is C22H27N8OS+. The van der Waals surface area contributed by atoms with Crippen molar-refractivity contribution in [3.05, 3.63) is 42.1 Å². The van der Waals surface area contributed by atoms with E-state index in [4.69, 9.17) is 5.73 Å². The molecule has 1 aromatic heterocycles. The van der Waals surface area contributed by atoms with Crippen LogP contribution in [-0.2, 0) is 4.79 Å². The number of aromatic amines is 1. The summed E-state index contributed by atoms with van der Waals surface area (Å²) in [5.41, 5.74) is 7.68. The van der Waals surface area contributed by atoms with Crippen molar-refractivity contribution < 1.29 is 9.78 Å². The molecule has 4 N–H and O–H groups in total. The second-order valence-corrected chi connectivity index (χ2v) is 8.80. The molecule has 10 heteroatoms. The van der Waals surface area contributed by atoms with E-state index in [1.54, 1.807) is 0 Å². The predicted octanol–water partition coefficient (Wildman–Crippen LogP) is 3.72. The van der Waals surface area contributed by atoms with Crippen LogP contribution in [0.15, 0.2) is 67.4 Å². The number of aliphatic imine (C=N–C) groups is 1. The van der Waals surface area contributed by atoms with E-state index in [0.29, 0.717) is 18.1 Å². The SMILES string of the molecule is CCC(=O)Nc1ccc(Sc2nc(N=C3C=C(C)N=N3)cc(N3CCC(N)CC3)[nH+]2)cc1. The van der Waals surface area contributed by atoms with Gasteiger partial charge >= 0.3 is 5.16 Å². The van der Waals surface area contributed by atoms with Crippen LogP contribution in [0.5, 0.6) is 0 Å². The van der Waals surface area contributed by atoms with Gasteiger partial charge in [-0.25, -0.2) is 4.98 Å². The minimum atomic E-state index is -0.00791. The number of aromatic nitrogens is 2. The number of benzene rings is 1. The third-order valence-electron chi connectivity index (χ3n) is 5.15. The summed E-state index contributed by atoms with van der Waals surface area (Å²) in [6, 6.07) is 9.88. The summed E-state index contributed by atoms with van der Waals surface area (Å²) in [7, 11) is 0. The zero-order chi connectivity index (χ0) is 22.5. The lowest BCUT2D eigenvalue weighted by atomic mass is 10.1. The number of amides is 1. The number of carbonyl (C=O) groups excluding carboxylic acids is 1. The second-order valence-electron chi connectivity index (χ2n) is 7.74. The molecule has 166 valence electrons. The van der Waals surface area contributed by atoms with Gasteiger partial charge in [0.15, 0.2) is 5.84 Å². The van der Waals surface area contributed by atoms with Gasteiger partial charge in [-0.1, -0.05) is 11.9 Å². The van der Waals surface area contributed by atoms with Crippen LogP contribution in [0.25, 0.3) is 0 Å². The third-order valence-corrected chi connectivity index (χ3v) is 6.04. The molecule has 9 nitrogen and oxygen atoms in total. The topological polar surface area (TPSA) is 122 Å². The number of carbonyl (C=O) groups is 1. The number of rotatable bonds is 6. The lowest BCUT2D eigenvalue weighted by Gasteiger charge is -2.27. The van der Waals surface area contributed by atoms with Crippen molar-refractivity contribution in [2.75, 3.05) is 23.3 Å². The maximum atomic E-state index is 11.6. The van der Waals surface area contributed by atoms with Crippen molar-refractivity contribution in [2.45, 2.75) is 49.2 Å². The number of hydrogen-bond acceptors (Lipinski definition) is 7. The number of H-pyrrole nitrogens is 1. The fourth-order valence-corrected chi connectivity index (χ4v) is 4.15. The monoisotopic (exact) mass is 451 g/mol. The molecule has 1 fully saturated rings. The van der Waals surface area contributed by atoms with Crippen LogP contribution >= 0.6 is 11.8 Å². The molecule has 0 unspecified atom stereocenters. The number of azo groups is 1. The molecular weight excluding hydrogens is 424 g/mol. The van der Waals surface area contributed by atoms with Crippen molar-refractivity contribution in [1.82, 2.24) is 4.98 Å². The van der Waals surface area contributed by atoms with Crippen molar-refractivity contribution in [1.29, 1.82) is 0 Å². The van der Waals surface area contributed by atoms with Gasteiger partial charge in [0, 0.05) is 29.1 Å². The minimum absolute atomic E-state index is 0.00791. The molecule has 1 amide bonds. The summed E-state index contributed by atoms with van der Waals surface area (Å²) >= 11 is 1.50. The van der Waals surface area contributed by atoms with Crippen LogP contribution in [0, 0.1) is 0 Å². The van der Waals surface area contributed by atoms with E-state index in [0.717, 1.165) is 53.2 Å². The highest BCUT2D eigenvalue weighted by molar-refractivity contribution is 7.99. The van der Waals surface area contributed by atoms with Gasteiger partial charge < -0.3 is 11.1 Å². The molecule has 2 aliphatic heterocycles. The molecule has 0 saturated carbocycles. The fraction of sp³-hybridized carbons (Fsp3) is 0.364. The number of hydrogen-bond donors (Lipinski definition) is 2. The van der Waals surface area contributed by atoms with Crippen LogP contribution in [-0.4, -0.2) is 35.9 Å². The van der Waals surface area contributed by atoms with E-state index in [2.05, 4.69) is 35.4 Å². The molecule has 0 atom stereocenters. The van der Waals surface area contributed by atoms with E-state index >= 15 is 0 Å². The summed E-state index contributed by atoms with van der Waals surface area (Å²) < 4.78 is 0. The standard InChI is InChI=1S/C22H26N8OS/c1-3-21(31)24-16-4-6-17(7-5-16)32-22-26-18(25-19-12-14(2)28-29-19)13-20(27-22)30-10-8-15(23)9-11-30/h4-7,12-13,15H,3,8-11,23H2,1-2H3,(H,24,31)/p+1. The average Bonchev–Trinajstić information content (AvgIpc) is 3.19. The summed E-state index contributed by atoms with van der Waals surface area (Å²) in [6.07, 6.45) is 4.17. The number of nitrogens with zero attached hydrogens (tertiary/aromatic N) is 5. The van der Waals surface area contributed by atoms with E-state index < -0.39 is 0 Å². The van der Waals surface area contributed by atoms with Crippen molar-refractivity contribution in [3.8, 4) is 0 Å². The van der Waals surface area contributed by atoms with E-state index in [9.17, 15) is 4.79 Å². The first-order valence-corrected chi connectivity index (χ1v) is 11.5. The zero-order valence-corrected chi connectivity index (χ0v) is 19.0. The van der Waals surface area contributed by atoms with Gasteiger partial charge in [-0.3, -0.25) is 9.69 Å². The van der Waals surface area contributed by atoms with Crippen LogP contribution in [0.1, 0.15) is 33.1 Å². The second kappa shape index (κ2) is 10.0. The van der Waals surface area contributed by atoms with E-state index in [1.165, 1.54) is 11.8 Å². The Morgan fingerprint density at radius 1 is 1.28 bits per heavy atom. The highest BCUT2D eigenvalue weighted by Crippen LogP contribution is 2.28. The first-order chi connectivity index (χ1) is 15.5. The maximum absolute atomic E-state index is 11.6. The lowest BCUT2D eigenvalue weighted by molar-refractivity contribution is -0.420. The molecule has 3 heterocycles. The van der Waals surface area contributed by atoms with Gasteiger partial charge in [0.2, 0.25) is 17.5 Å². The highest BCUT2D eigenvalue weighted by Gasteiger charge is 2.24. The Bertz CT molecular complexity index is 1070. The zero-order valence-electron chi connectivity index (χ0n) is 18.2. The number of amidine groups is 1. The van der Waals surface area contributed by atoms with Crippen LogP contribution in [0.4, 0.5) is 17.3 Å². The number of nitrogens with two attached hydrogens (primary N) is 1. The molecule has 4 rings (SSSR count). The summed E-state index contributed by atoms with van der Waals surface area (Å²) in [6.45, 7) is 5.47. The Morgan fingerprint density at radius 2 is 2.03 bits per heavy atom. The van der Waals surface area contributed by atoms with Gasteiger partial charge in [0.05, 0.1) is 24.9 Å². The number of piperidine rings is 1. The minimum Gasteiger partial charge on any atom is -0.327 e.